The molecular weight excluding hydrogens is 408 g/mol. The molecule has 0 bridgehead atoms. The maximum absolute atomic E-state index is 12.6. The molecule has 8 heteroatoms. The number of hydrogen-bond acceptors (Lipinski definition) is 5. The van der Waals surface area contributed by atoms with Crippen molar-refractivity contribution in [2.45, 2.75) is 56.7 Å². The Balaban J connectivity index is 1.59. The van der Waals surface area contributed by atoms with Crippen LogP contribution in [0.15, 0.2) is 29.3 Å². The van der Waals surface area contributed by atoms with Crippen molar-refractivity contribution in [1.82, 2.24) is 0 Å². The Morgan fingerprint density at radius 1 is 1.21 bits per heavy atom. The van der Waals surface area contributed by atoms with Crippen LogP contribution in [0.1, 0.15) is 55.8 Å². The first kappa shape index (κ1) is 20.6. The Bertz CT molecular complexity index is 951. The topological polar surface area (TPSA) is 83.9 Å². The normalized spacial score (nSPS) is 27.5. The van der Waals surface area contributed by atoms with Crippen LogP contribution in [0.3, 0.4) is 0 Å². The summed E-state index contributed by atoms with van der Waals surface area (Å²) in [5, 5.41) is 0.425. The molecule has 3 fully saturated rings. The molecule has 1 saturated carbocycles. The number of rotatable bonds is 5. The third-order valence-electron chi connectivity index (χ3n) is 6.06. The zero-order valence-electron chi connectivity index (χ0n) is 16.5. The van der Waals surface area contributed by atoms with Crippen LogP contribution in [0.5, 0.6) is 0 Å². The number of amidine groups is 1. The van der Waals surface area contributed by atoms with Gasteiger partial charge in [0.2, 0.25) is 5.91 Å². The fourth-order valence-corrected chi connectivity index (χ4v) is 8.46. The zero-order valence-corrected chi connectivity index (χ0v) is 18.2. The van der Waals surface area contributed by atoms with E-state index in [1.54, 1.807) is 18.2 Å². The Hall–Kier alpha value is -1.67. The zero-order chi connectivity index (χ0) is 20.6. The molecule has 1 aromatic carbocycles. The van der Waals surface area contributed by atoms with Crippen molar-refractivity contribution in [3.63, 3.8) is 0 Å². The molecule has 2 heterocycles. The van der Waals surface area contributed by atoms with Gasteiger partial charge in [-0.1, -0.05) is 49.6 Å². The van der Waals surface area contributed by atoms with Crippen molar-refractivity contribution in [1.29, 1.82) is 0 Å². The quantitative estimate of drug-likeness (QED) is 0.660. The van der Waals surface area contributed by atoms with Gasteiger partial charge in [-0.05, 0) is 31.4 Å². The molecule has 2 aliphatic heterocycles. The molecule has 1 aromatic rings. The van der Waals surface area contributed by atoms with Crippen LogP contribution in [0.2, 0.25) is 0 Å². The number of carbonyl (C=O) groups excluding carboxylic acids is 2. The number of amides is 1. The number of aliphatic imine (C=N–C) groups is 1. The van der Waals surface area contributed by atoms with E-state index < -0.39 is 9.84 Å². The third kappa shape index (κ3) is 4.58. The first-order valence-corrected chi connectivity index (χ1v) is 12.9. The van der Waals surface area contributed by atoms with Crippen molar-refractivity contribution in [3.05, 3.63) is 29.8 Å². The number of benzene rings is 1. The van der Waals surface area contributed by atoms with Crippen molar-refractivity contribution >= 4 is 44.1 Å². The molecule has 0 radical (unpaired) electrons. The van der Waals surface area contributed by atoms with E-state index in [0.29, 0.717) is 23.1 Å². The maximum Gasteiger partial charge on any atom is 0.248 e. The molecule has 2 saturated heterocycles. The van der Waals surface area contributed by atoms with Gasteiger partial charge < -0.3 is 4.90 Å². The van der Waals surface area contributed by atoms with Crippen LogP contribution < -0.4 is 4.90 Å². The predicted molar refractivity (Wildman–Crippen MR) is 116 cm³/mol. The van der Waals surface area contributed by atoms with E-state index in [-0.39, 0.29) is 34.5 Å². The van der Waals surface area contributed by atoms with E-state index in [1.807, 2.05) is 11.0 Å². The maximum atomic E-state index is 12.6. The van der Waals surface area contributed by atoms with Gasteiger partial charge in [0.1, 0.15) is 0 Å². The largest absolute Gasteiger partial charge is 0.316 e. The van der Waals surface area contributed by atoms with Gasteiger partial charge in [0.05, 0.1) is 17.5 Å². The van der Waals surface area contributed by atoms with E-state index in [2.05, 4.69) is 4.99 Å². The Morgan fingerprint density at radius 3 is 2.69 bits per heavy atom. The third-order valence-corrected chi connectivity index (χ3v) is 9.27. The van der Waals surface area contributed by atoms with Gasteiger partial charge in [-0.25, -0.2) is 8.42 Å². The van der Waals surface area contributed by atoms with Crippen LogP contribution >= 0.6 is 11.8 Å². The summed E-state index contributed by atoms with van der Waals surface area (Å²) in [6, 6.07) is 6.87. The Morgan fingerprint density at radius 2 is 1.97 bits per heavy atom. The summed E-state index contributed by atoms with van der Waals surface area (Å²) in [4.78, 5) is 30.6. The second kappa shape index (κ2) is 8.22. The number of Topliss-reactive ketones (excluding diaryl/α,β-unsaturated/α-hetero) is 1. The minimum absolute atomic E-state index is 0.0459. The molecule has 0 aromatic heterocycles. The van der Waals surface area contributed by atoms with Crippen molar-refractivity contribution in [2.75, 3.05) is 16.4 Å². The van der Waals surface area contributed by atoms with Crippen molar-refractivity contribution < 1.29 is 18.0 Å². The smallest absolute Gasteiger partial charge is 0.248 e. The molecule has 1 aliphatic carbocycles. The molecule has 0 unspecified atom stereocenters. The van der Waals surface area contributed by atoms with Crippen LogP contribution in [0, 0.1) is 5.92 Å². The summed E-state index contributed by atoms with van der Waals surface area (Å²) in [7, 11) is -3.12. The molecular formula is C21H26N2O4S2. The van der Waals surface area contributed by atoms with Crippen LogP contribution in [0.4, 0.5) is 5.69 Å². The number of fused-ring (bicyclic) bond motifs is 1. The minimum Gasteiger partial charge on any atom is -0.316 e. The second-order valence-electron chi connectivity index (χ2n) is 8.25. The monoisotopic (exact) mass is 434 g/mol. The molecule has 1 amide bonds. The van der Waals surface area contributed by atoms with Gasteiger partial charge in [0.15, 0.2) is 20.8 Å². The molecule has 4 rings (SSSR count). The molecule has 156 valence electrons. The summed E-state index contributed by atoms with van der Waals surface area (Å²) < 4.78 is 24.3. The average Bonchev–Trinajstić information content (AvgIpc) is 3.34. The second-order valence-corrected chi connectivity index (χ2v) is 11.6. The summed E-state index contributed by atoms with van der Waals surface area (Å²) in [6.45, 7) is 1.50. The molecule has 29 heavy (non-hydrogen) atoms. The minimum atomic E-state index is -3.12. The van der Waals surface area contributed by atoms with E-state index in [0.717, 1.165) is 12.1 Å². The van der Waals surface area contributed by atoms with E-state index in [4.69, 9.17) is 0 Å². The van der Waals surface area contributed by atoms with E-state index in [1.165, 1.54) is 44.4 Å². The highest BCUT2D eigenvalue weighted by Crippen LogP contribution is 2.41. The van der Waals surface area contributed by atoms with Gasteiger partial charge in [0.25, 0.3) is 0 Å². The van der Waals surface area contributed by atoms with Crippen molar-refractivity contribution in [3.8, 4) is 0 Å². The highest BCUT2D eigenvalue weighted by Gasteiger charge is 2.49. The highest BCUT2D eigenvalue weighted by molar-refractivity contribution is 8.16. The lowest BCUT2D eigenvalue weighted by atomic mass is 10.0. The fourth-order valence-electron chi connectivity index (χ4n) is 4.53. The fraction of sp³-hybridized carbons (Fsp3) is 0.571. The lowest BCUT2D eigenvalue weighted by Crippen LogP contribution is -2.37. The van der Waals surface area contributed by atoms with Crippen molar-refractivity contribution in [2.24, 2.45) is 10.9 Å². The SMILES string of the molecule is CC(=O)c1cccc(N2C(=NC(=O)CCC3CCCC3)S[C@H]3CS(=O)(=O)C[C@H]32)c1. The standard InChI is InChI=1S/C21H26N2O4S2/c1-14(24)16-7-4-8-17(11-16)23-18-12-29(26,27)13-19(18)28-21(23)22-20(25)10-9-15-5-2-3-6-15/h4,7-8,11,15,18-19H,2-3,5-6,9-10,12-13H2,1H3/t18-,19+/m1/s1. The molecule has 0 N–H and O–H groups in total. The van der Waals surface area contributed by atoms with Gasteiger partial charge >= 0.3 is 0 Å². The molecule has 0 spiro atoms. The first-order chi connectivity index (χ1) is 13.8. The highest BCUT2D eigenvalue weighted by atomic mass is 32.2. The van der Waals surface area contributed by atoms with Crippen LogP contribution in [0.25, 0.3) is 0 Å². The summed E-state index contributed by atoms with van der Waals surface area (Å²) in [5.74, 6) is 0.573. The van der Waals surface area contributed by atoms with Gasteiger partial charge in [0, 0.05) is 22.9 Å². The summed E-state index contributed by atoms with van der Waals surface area (Å²) in [6.07, 6.45) is 6.21. The van der Waals surface area contributed by atoms with E-state index >= 15 is 0 Å². The number of sulfone groups is 1. The predicted octanol–water partition coefficient (Wildman–Crippen LogP) is 3.46. The first-order valence-electron chi connectivity index (χ1n) is 10.2. The average molecular weight is 435 g/mol. The number of thioether (sulfide) groups is 1. The van der Waals surface area contributed by atoms with E-state index in [9.17, 15) is 18.0 Å². The van der Waals surface area contributed by atoms with Crippen LogP contribution in [-0.2, 0) is 14.6 Å². The summed E-state index contributed by atoms with van der Waals surface area (Å²) >= 11 is 1.38. The number of anilines is 1. The van der Waals surface area contributed by atoms with Gasteiger partial charge in [-0.15, -0.1) is 0 Å². The molecule has 6 nitrogen and oxygen atoms in total. The Labute approximate surface area is 176 Å². The molecule has 2 atom stereocenters. The van der Waals surface area contributed by atoms with Gasteiger partial charge in [-0.3, -0.25) is 9.59 Å². The Kier molecular flexibility index (Phi) is 5.84. The lowest BCUT2D eigenvalue weighted by molar-refractivity contribution is -0.118. The van der Waals surface area contributed by atoms with Crippen LogP contribution in [-0.4, -0.2) is 48.1 Å². The molecule has 3 aliphatic rings. The number of hydrogen-bond donors (Lipinski definition) is 0. The number of nitrogens with zero attached hydrogens (tertiary/aromatic N) is 2. The van der Waals surface area contributed by atoms with Gasteiger partial charge in [-0.2, -0.15) is 4.99 Å². The summed E-state index contributed by atoms with van der Waals surface area (Å²) in [5.41, 5.74) is 1.28. The number of carbonyl (C=O) groups is 2. The lowest BCUT2D eigenvalue weighted by Gasteiger charge is -2.25. The number of ketones is 1.